The molecule has 4 aromatic rings. The lowest BCUT2D eigenvalue weighted by molar-refractivity contribution is 0.313. The zero-order valence-electron chi connectivity index (χ0n) is 15.3. The van der Waals surface area contributed by atoms with E-state index in [1.165, 1.54) is 15.7 Å². The largest absolute Gasteiger partial charge is 0.506 e. The predicted molar refractivity (Wildman–Crippen MR) is 118 cm³/mol. The highest BCUT2D eigenvalue weighted by Gasteiger charge is 2.21. The molecule has 1 aliphatic heterocycles. The van der Waals surface area contributed by atoms with E-state index in [1.807, 2.05) is 16.8 Å². The van der Waals surface area contributed by atoms with Crippen LogP contribution in [0.15, 0.2) is 33.8 Å². The summed E-state index contributed by atoms with van der Waals surface area (Å²) < 4.78 is 1.48. The van der Waals surface area contributed by atoms with Crippen molar-refractivity contribution in [2.75, 3.05) is 38.1 Å². The third-order valence-electron chi connectivity index (χ3n) is 5.40. The van der Waals surface area contributed by atoms with Gasteiger partial charge in [-0.05, 0) is 34.6 Å². The summed E-state index contributed by atoms with van der Waals surface area (Å²) in [6.07, 6.45) is 0. The molecule has 2 N–H and O–H groups in total. The Hall–Kier alpha value is -2.41. The summed E-state index contributed by atoms with van der Waals surface area (Å²) in [4.78, 5) is 25.3. The summed E-state index contributed by atoms with van der Waals surface area (Å²) in [6.45, 7) is 4.04. The number of fused-ring (bicyclic) bond motifs is 2. The molecule has 1 atom stereocenters. The fraction of sp³-hybridized carbons (Fsp3) is 0.263. The van der Waals surface area contributed by atoms with E-state index in [1.54, 1.807) is 0 Å². The Morgan fingerprint density at radius 2 is 2.00 bits per heavy atom. The molecular weight excluding hydrogens is 393 g/mol. The lowest BCUT2D eigenvalue weighted by Crippen LogP contribution is -2.44. The SMILES string of the molecule is CN1CCN(c2ccc3nc(-c4c(O)c5cscc5n(P)c4=O)[nH]c3c2)CC1. The zero-order chi connectivity index (χ0) is 19.4. The van der Waals surface area contributed by atoms with Gasteiger partial charge in [0.05, 0.1) is 21.9 Å². The molecule has 0 radical (unpaired) electrons. The van der Waals surface area contributed by atoms with E-state index in [0.29, 0.717) is 16.7 Å². The Balaban J connectivity index is 1.61. The van der Waals surface area contributed by atoms with Gasteiger partial charge in [-0.25, -0.2) is 4.98 Å². The molecule has 28 heavy (non-hydrogen) atoms. The summed E-state index contributed by atoms with van der Waals surface area (Å²) in [5.74, 6) is 0.357. The van der Waals surface area contributed by atoms with Crippen molar-refractivity contribution in [2.45, 2.75) is 0 Å². The maximum atomic E-state index is 12.8. The summed E-state index contributed by atoms with van der Waals surface area (Å²) in [5, 5.41) is 15.0. The van der Waals surface area contributed by atoms with Crippen LogP contribution < -0.4 is 10.5 Å². The maximum absolute atomic E-state index is 12.8. The Morgan fingerprint density at radius 3 is 2.79 bits per heavy atom. The number of imidazole rings is 1. The highest BCUT2D eigenvalue weighted by molar-refractivity contribution is 7.15. The average molecular weight is 413 g/mol. The molecule has 0 bridgehead atoms. The maximum Gasteiger partial charge on any atom is 0.268 e. The lowest BCUT2D eigenvalue weighted by atomic mass is 10.2. The van der Waals surface area contributed by atoms with Gasteiger partial charge in [0.1, 0.15) is 17.1 Å². The van der Waals surface area contributed by atoms with Gasteiger partial charge in [-0.1, -0.05) is 0 Å². The van der Waals surface area contributed by atoms with Gasteiger partial charge in [0.15, 0.2) is 0 Å². The number of H-pyrrole nitrogens is 1. The molecule has 1 aliphatic rings. The van der Waals surface area contributed by atoms with Crippen LogP contribution in [0.25, 0.3) is 33.3 Å². The number of likely N-dealkylation sites (N-methyl/N-ethyl adjacent to an activating group) is 1. The van der Waals surface area contributed by atoms with Crippen LogP contribution in [0, 0.1) is 0 Å². The number of rotatable bonds is 2. The first-order valence-corrected chi connectivity index (χ1v) is 10.5. The van der Waals surface area contributed by atoms with Crippen molar-refractivity contribution in [3.05, 3.63) is 39.3 Å². The normalized spacial score (nSPS) is 15.7. The van der Waals surface area contributed by atoms with E-state index in [9.17, 15) is 9.90 Å². The number of anilines is 1. The summed E-state index contributed by atoms with van der Waals surface area (Å²) in [6, 6.07) is 6.09. The molecule has 144 valence electrons. The topological polar surface area (TPSA) is 77.4 Å². The molecule has 4 heterocycles. The van der Waals surface area contributed by atoms with E-state index in [2.05, 4.69) is 48.3 Å². The molecule has 0 spiro atoms. The zero-order valence-corrected chi connectivity index (χ0v) is 17.3. The molecule has 0 saturated carbocycles. The van der Waals surface area contributed by atoms with Gasteiger partial charge < -0.3 is 19.9 Å². The molecule has 7 nitrogen and oxygen atoms in total. The molecule has 1 fully saturated rings. The molecule has 1 saturated heterocycles. The van der Waals surface area contributed by atoms with Gasteiger partial charge in [-0.2, -0.15) is 0 Å². The third kappa shape index (κ3) is 2.71. The smallest absolute Gasteiger partial charge is 0.268 e. The highest BCUT2D eigenvalue weighted by atomic mass is 32.1. The van der Waals surface area contributed by atoms with Crippen molar-refractivity contribution in [2.24, 2.45) is 0 Å². The van der Waals surface area contributed by atoms with Crippen molar-refractivity contribution < 1.29 is 5.11 Å². The summed E-state index contributed by atoms with van der Waals surface area (Å²) >= 11 is 1.44. The van der Waals surface area contributed by atoms with Crippen LogP contribution in [0.2, 0.25) is 0 Å². The number of hydrogen-bond acceptors (Lipinski definition) is 6. The Labute approximate surface area is 167 Å². The molecule has 9 heteroatoms. The number of pyridine rings is 1. The first kappa shape index (κ1) is 17.7. The van der Waals surface area contributed by atoms with Gasteiger partial charge >= 0.3 is 0 Å². The Morgan fingerprint density at radius 1 is 1.21 bits per heavy atom. The summed E-state index contributed by atoms with van der Waals surface area (Å²) in [5.41, 5.74) is 3.34. The highest BCUT2D eigenvalue weighted by Crippen LogP contribution is 2.35. The van der Waals surface area contributed by atoms with Crippen molar-refractivity contribution in [3.63, 3.8) is 0 Å². The van der Waals surface area contributed by atoms with Crippen LogP contribution in [0.4, 0.5) is 5.69 Å². The van der Waals surface area contributed by atoms with E-state index >= 15 is 0 Å². The first-order chi connectivity index (χ1) is 13.5. The quantitative estimate of drug-likeness (QED) is 0.494. The molecule has 1 unspecified atom stereocenters. The molecule has 3 aromatic heterocycles. The number of piperazine rings is 1. The van der Waals surface area contributed by atoms with E-state index < -0.39 is 0 Å². The van der Waals surface area contributed by atoms with Crippen molar-refractivity contribution in [1.82, 2.24) is 19.2 Å². The Bertz CT molecular complexity index is 1250. The second-order valence-electron chi connectivity index (χ2n) is 7.15. The second-order valence-corrected chi connectivity index (χ2v) is 8.41. The predicted octanol–water partition coefficient (Wildman–Crippen LogP) is 2.70. The van der Waals surface area contributed by atoms with Gasteiger partial charge in [0, 0.05) is 42.6 Å². The molecule has 5 rings (SSSR count). The number of benzene rings is 1. The fourth-order valence-electron chi connectivity index (χ4n) is 3.71. The van der Waals surface area contributed by atoms with Crippen molar-refractivity contribution in [3.8, 4) is 17.1 Å². The van der Waals surface area contributed by atoms with Crippen LogP contribution in [-0.2, 0) is 0 Å². The van der Waals surface area contributed by atoms with E-state index in [0.717, 1.165) is 42.9 Å². The molecular formula is C19H20N5O2PS. The van der Waals surface area contributed by atoms with Crippen LogP contribution in [0.3, 0.4) is 0 Å². The molecule has 1 aromatic carbocycles. The summed E-state index contributed by atoms with van der Waals surface area (Å²) in [7, 11) is 4.56. The average Bonchev–Trinajstić information content (AvgIpc) is 3.33. The number of thiophene rings is 1. The monoisotopic (exact) mass is 413 g/mol. The fourth-order valence-corrected chi connectivity index (χ4v) is 4.97. The number of hydrogen-bond donors (Lipinski definition) is 2. The second kappa shape index (κ2) is 6.58. The van der Waals surface area contributed by atoms with Gasteiger partial charge in [-0.3, -0.25) is 9.13 Å². The van der Waals surface area contributed by atoms with E-state index in [4.69, 9.17) is 0 Å². The standard InChI is InChI=1S/C19H20N5O2PS/c1-22-4-6-23(7-5-22)11-2-3-13-14(8-11)21-18(20-13)16-17(25)12-9-28-10-15(12)24(27)19(16)26/h2-3,8-10,25H,4-7,27H2,1H3,(H,20,21). The number of nitrogens with one attached hydrogen (secondary N) is 1. The van der Waals surface area contributed by atoms with Crippen LogP contribution in [0.5, 0.6) is 5.75 Å². The van der Waals surface area contributed by atoms with Crippen molar-refractivity contribution >= 4 is 48.4 Å². The van der Waals surface area contributed by atoms with E-state index in [-0.39, 0.29) is 16.9 Å². The van der Waals surface area contributed by atoms with Crippen molar-refractivity contribution in [1.29, 1.82) is 0 Å². The number of nitrogens with zero attached hydrogens (tertiary/aromatic N) is 4. The minimum Gasteiger partial charge on any atom is -0.506 e. The first-order valence-electron chi connectivity index (χ1n) is 9.05. The number of aromatic nitrogens is 3. The molecule has 0 aliphatic carbocycles. The number of aromatic hydroxyl groups is 1. The van der Waals surface area contributed by atoms with Crippen LogP contribution in [0.1, 0.15) is 0 Å². The third-order valence-corrected chi connectivity index (χ3v) is 6.64. The van der Waals surface area contributed by atoms with Gasteiger partial charge in [0.2, 0.25) is 0 Å². The minimum absolute atomic E-state index is 0.0294. The Kier molecular flexibility index (Phi) is 4.16. The lowest BCUT2D eigenvalue weighted by Gasteiger charge is -2.34. The van der Waals surface area contributed by atoms with Crippen LogP contribution in [-0.4, -0.2) is 57.5 Å². The van der Waals surface area contributed by atoms with Gasteiger partial charge in [0.25, 0.3) is 5.56 Å². The van der Waals surface area contributed by atoms with Crippen LogP contribution >= 0.6 is 20.7 Å². The molecule has 0 amide bonds. The minimum atomic E-state index is -0.299. The number of aromatic amines is 1. The van der Waals surface area contributed by atoms with Gasteiger partial charge in [-0.15, -0.1) is 11.3 Å².